The molecular weight excluding hydrogens is 328 g/mol. The highest BCUT2D eigenvalue weighted by atomic mass is 19.3. The lowest BCUT2D eigenvalue weighted by Crippen LogP contribution is -2.26. The van der Waals surface area contributed by atoms with Crippen molar-refractivity contribution in [1.82, 2.24) is 5.43 Å². The Bertz CT molecular complexity index is 746. The van der Waals surface area contributed by atoms with E-state index in [2.05, 4.69) is 20.6 Å². The zero-order valence-corrected chi connectivity index (χ0v) is 13.9. The first kappa shape index (κ1) is 18.4. The number of aryl methyl sites for hydroxylation is 1. The minimum absolute atomic E-state index is 0.00535. The Hall–Kier alpha value is -2.96. The quantitative estimate of drug-likeness (QED) is 0.595. The van der Waals surface area contributed by atoms with E-state index in [1.54, 1.807) is 25.1 Å². The Morgan fingerprint density at radius 2 is 1.84 bits per heavy atom. The zero-order valence-electron chi connectivity index (χ0n) is 13.9. The van der Waals surface area contributed by atoms with Crippen LogP contribution in [0.3, 0.4) is 0 Å². The van der Waals surface area contributed by atoms with Crippen molar-refractivity contribution in [1.29, 1.82) is 0 Å². The molecule has 0 saturated heterocycles. The molecule has 0 spiro atoms. The van der Waals surface area contributed by atoms with Crippen LogP contribution in [-0.4, -0.2) is 24.8 Å². The molecule has 2 rings (SSSR count). The highest BCUT2D eigenvalue weighted by Gasteiger charge is 2.11. The second kappa shape index (κ2) is 8.77. The number of alkyl halides is 2. The number of amides is 1. The van der Waals surface area contributed by atoms with E-state index in [0.29, 0.717) is 11.3 Å². The fourth-order valence-corrected chi connectivity index (χ4v) is 2.06. The summed E-state index contributed by atoms with van der Waals surface area (Å²) in [4.78, 5) is 11.8. The molecule has 0 aromatic heterocycles. The maximum Gasteiger partial charge on any atom is 0.387 e. The predicted molar refractivity (Wildman–Crippen MR) is 93.1 cm³/mol. The molecule has 0 unspecified atom stereocenters. The number of nitrogens with zero attached hydrogens (tertiary/aromatic N) is 1. The molecular formula is C18H19F2N3O2. The highest BCUT2D eigenvalue weighted by Crippen LogP contribution is 2.20. The molecule has 132 valence electrons. The first-order chi connectivity index (χ1) is 12.0. The predicted octanol–water partition coefficient (Wildman–Crippen LogP) is 3.55. The number of hydrogen-bond acceptors (Lipinski definition) is 4. The van der Waals surface area contributed by atoms with Crippen molar-refractivity contribution in [2.75, 3.05) is 11.9 Å². The van der Waals surface area contributed by atoms with Gasteiger partial charge in [-0.1, -0.05) is 29.8 Å². The third kappa shape index (κ3) is 5.87. The zero-order chi connectivity index (χ0) is 18.2. The van der Waals surface area contributed by atoms with Crippen molar-refractivity contribution < 1.29 is 18.3 Å². The van der Waals surface area contributed by atoms with Crippen LogP contribution in [0.4, 0.5) is 14.5 Å². The molecule has 1 amide bonds. The van der Waals surface area contributed by atoms with Crippen LogP contribution in [0.25, 0.3) is 0 Å². The van der Waals surface area contributed by atoms with Crippen molar-refractivity contribution in [2.45, 2.75) is 20.5 Å². The van der Waals surface area contributed by atoms with E-state index in [1.165, 1.54) is 6.07 Å². The van der Waals surface area contributed by atoms with Gasteiger partial charge in [-0.2, -0.15) is 13.9 Å². The van der Waals surface area contributed by atoms with Gasteiger partial charge in [0.2, 0.25) is 0 Å². The van der Waals surface area contributed by atoms with Gasteiger partial charge in [-0.3, -0.25) is 4.79 Å². The summed E-state index contributed by atoms with van der Waals surface area (Å²) in [5.74, 6) is -0.349. The summed E-state index contributed by atoms with van der Waals surface area (Å²) in [6, 6.07) is 13.9. The molecule has 5 nitrogen and oxygen atoms in total. The Morgan fingerprint density at radius 3 is 2.52 bits per heavy atom. The molecule has 0 radical (unpaired) electrons. The molecule has 0 atom stereocenters. The van der Waals surface area contributed by atoms with Crippen LogP contribution in [0.15, 0.2) is 53.6 Å². The van der Waals surface area contributed by atoms with Crippen molar-refractivity contribution in [3.05, 3.63) is 59.7 Å². The Balaban J connectivity index is 1.94. The minimum atomic E-state index is -2.93. The van der Waals surface area contributed by atoms with Gasteiger partial charge in [-0.05, 0) is 38.1 Å². The number of rotatable bonds is 7. The molecule has 2 aromatic carbocycles. The van der Waals surface area contributed by atoms with Crippen LogP contribution in [0.5, 0.6) is 5.75 Å². The maximum absolute atomic E-state index is 12.4. The van der Waals surface area contributed by atoms with Crippen LogP contribution >= 0.6 is 0 Å². The third-order valence-electron chi connectivity index (χ3n) is 3.35. The second-order valence-electron chi connectivity index (χ2n) is 5.33. The summed E-state index contributed by atoms with van der Waals surface area (Å²) < 4.78 is 29.3. The summed E-state index contributed by atoms with van der Waals surface area (Å²) >= 11 is 0. The van der Waals surface area contributed by atoms with Crippen LogP contribution in [0.1, 0.15) is 18.1 Å². The van der Waals surface area contributed by atoms with Gasteiger partial charge < -0.3 is 10.1 Å². The summed E-state index contributed by atoms with van der Waals surface area (Å²) in [7, 11) is 0. The first-order valence-electron chi connectivity index (χ1n) is 7.63. The maximum atomic E-state index is 12.4. The van der Waals surface area contributed by atoms with Gasteiger partial charge in [0, 0.05) is 11.3 Å². The van der Waals surface area contributed by atoms with Crippen LogP contribution in [-0.2, 0) is 4.79 Å². The molecule has 0 heterocycles. The van der Waals surface area contributed by atoms with E-state index in [9.17, 15) is 13.6 Å². The van der Waals surface area contributed by atoms with Crippen LogP contribution in [0.2, 0.25) is 0 Å². The highest BCUT2D eigenvalue weighted by molar-refractivity contribution is 6.01. The number of ether oxygens (including phenoxy) is 1. The molecule has 0 fully saturated rings. The smallest absolute Gasteiger partial charge is 0.387 e. The average Bonchev–Trinajstić information content (AvgIpc) is 2.59. The summed E-state index contributed by atoms with van der Waals surface area (Å²) in [6.45, 7) is 0.683. The van der Waals surface area contributed by atoms with Crippen LogP contribution in [0, 0.1) is 6.92 Å². The number of para-hydroxylation sites is 1. The monoisotopic (exact) mass is 347 g/mol. The number of nitrogens with one attached hydrogen (secondary N) is 2. The second-order valence-corrected chi connectivity index (χ2v) is 5.33. The number of anilines is 1. The van der Waals surface area contributed by atoms with Crippen molar-refractivity contribution in [3.63, 3.8) is 0 Å². The third-order valence-corrected chi connectivity index (χ3v) is 3.35. The van der Waals surface area contributed by atoms with E-state index in [0.717, 1.165) is 11.3 Å². The number of carbonyl (C=O) groups excluding carboxylic acids is 1. The molecule has 0 saturated carbocycles. The standard InChI is InChI=1S/C18H19F2N3O2/c1-12-7-9-14(10-8-12)21-11-17(24)23-22-13(2)15-5-3-4-6-16(15)25-18(19)20/h3-10,18,21H,11H2,1-2H3,(H,23,24)/b22-13+. The lowest BCUT2D eigenvalue weighted by Gasteiger charge is -2.10. The minimum Gasteiger partial charge on any atom is -0.434 e. The molecule has 7 heteroatoms. The number of benzene rings is 2. The number of carbonyl (C=O) groups is 1. The summed E-state index contributed by atoms with van der Waals surface area (Å²) in [6.07, 6.45) is 0. The van der Waals surface area contributed by atoms with E-state index < -0.39 is 6.61 Å². The van der Waals surface area contributed by atoms with Gasteiger partial charge in [-0.25, -0.2) is 5.43 Å². The fourth-order valence-electron chi connectivity index (χ4n) is 2.06. The first-order valence-corrected chi connectivity index (χ1v) is 7.63. The number of halogens is 2. The Kier molecular flexibility index (Phi) is 6.45. The van der Waals surface area contributed by atoms with Gasteiger partial charge in [0.1, 0.15) is 5.75 Å². The van der Waals surface area contributed by atoms with Crippen molar-refractivity contribution in [2.24, 2.45) is 5.10 Å². The molecule has 2 N–H and O–H groups in total. The van der Waals surface area contributed by atoms with E-state index in [4.69, 9.17) is 0 Å². The van der Waals surface area contributed by atoms with Crippen molar-refractivity contribution in [3.8, 4) is 5.75 Å². The fraction of sp³-hybridized carbons (Fsp3) is 0.222. The Labute approximate surface area is 144 Å². The lowest BCUT2D eigenvalue weighted by molar-refractivity contribution is -0.119. The molecule has 2 aromatic rings. The summed E-state index contributed by atoms with van der Waals surface area (Å²) in [5, 5.41) is 6.91. The van der Waals surface area contributed by atoms with Gasteiger partial charge in [0.05, 0.1) is 12.3 Å². The molecule has 0 aliphatic rings. The molecule has 25 heavy (non-hydrogen) atoms. The van der Waals surface area contributed by atoms with E-state index in [1.807, 2.05) is 31.2 Å². The number of hydrazone groups is 1. The van der Waals surface area contributed by atoms with Crippen molar-refractivity contribution >= 4 is 17.3 Å². The van der Waals surface area contributed by atoms with Gasteiger partial charge in [0.15, 0.2) is 0 Å². The van der Waals surface area contributed by atoms with E-state index in [-0.39, 0.29) is 18.2 Å². The lowest BCUT2D eigenvalue weighted by atomic mass is 10.1. The molecule has 0 bridgehead atoms. The normalized spacial score (nSPS) is 11.3. The van der Waals surface area contributed by atoms with Gasteiger partial charge in [-0.15, -0.1) is 0 Å². The number of hydrogen-bond donors (Lipinski definition) is 2. The SMILES string of the molecule is C/C(=N\NC(=O)CNc1ccc(C)cc1)c1ccccc1OC(F)F. The topological polar surface area (TPSA) is 62.7 Å². The summed E-state index contributed by atoms with van der Waals surface area (Å²) in [5.41, 5.74) is 5.07. The van der Waals surface area contributed by atoms with Gasteiger partial charge in [0.25, 0.3) is 5.91 Å². The van der Waals surface area contributed by atoms with E-state index >= 15 is 0 Å². The molecule has 0 aliphatic carbocycles. The molecule has 0 aliphatic heterocycles. The van der Waals surface area contributed by atoms with Crippen LogP contribution < -0.4 is 15.5 Å². The Morgan fingerprint density at radius 1 is 1.16 bits per heavy atom. The largest absolute Gasteiger partial charge is 0.434 e. The van der Waals surface area contributed by atoms with Gasteiger partial charge >= 0.3 is 6.61 Å². The average molecular weight is 347 g/mol.